The zero-order valence-electron chi connectivity index (χ0n) is 17.1. The van der Waals surface area contributed by atoms with Crippen molar-refractivity contribution in [3.8, 4) is 17.2 Å². The second-order valence-corrected chi connectivity index (χ2v) is 7.78. The summed E-state index contributed by atoms with van der Waals surface area (Å²) in [5.74, 6) is 0.515. The number of hydrogen-bond donors (Lipinski definition) is 3. The number of aromatic hydroxyl groups is 3. The van der Waals surface area contributed by atoms with Gasteiger partial charge in [0.2, 0.25) is 0 Å². The molecule has 0 aliphatic carbocycles. The Kier molecular flexibility index (Phi) is 4.75. The number of para-hydroxylation sites is 1. The van der Waals surface area contributed by atoms with E-state index in [0.29, 0.717) is 6.54 Å². The molecule has 3 N–H and O–H groups in total. The highest BCUT2D eigenvalue weighted by Gasteiger charge is 2.38. The zero-order chi connectivity index (χ0) is 22.1. The molecule has 0 saturated heterocycles. The van der Waals surface area contributed by atoms with Crippen LogP contribution in [0.4, 0.5) is 0 Å². The SMILES string of the molecule is Oc1ccc(C(Cn2nnc3ccccc32)(c2ccc(O)cc2)c2ccc(O)cc2)cc1. The third kappa shape index (κ3) is 3.32. The third-order valence-corrected chi connectivity index (χ3v) is 5.89. The van der Waals surface area contributed by atoms with E-state index in [-0.39, 0.29) is 17.2 Å². The number of rotatable bonds is 5. The number of phenolic OH excluding ortho intramolecular Hbond substituents is 3. The quantitative estimate of drug-likeness (QED) is 0.360. The fraction of sp³-hybridized carbons (Fsp3) is 0.0769. The maximum absolute atomic E-state index is 9.94. The van der Waals surface area contributed by atoms with Crippen molar-refractivity contribution in [1.82, 2.24) is 15.0 Å². The number of aromatic nitrogens is 3. The van der Waals surface area contributed by atoms with Crippen LogP contribution in [0, 0.1) is 0 Å². The Bertz CT molecular complexity index is 1250. The number of phenols is 3. The molecule has 0 unspecified atom stereocenters. The Hall–Kier alpha value is -4.32. The van der Waals surface area contributed by atoms with E-state index >= 15 is 0 Å². The first-order valence-electron chi connectivity index (χ1n) is 10.2. The fourth-order valence-electron chi connectivity index (χ4n) is 4.27. The first-order valence-corrected chi connectivity index (χ1v) is 10.2. The molecule has 0 spiro atoms. The van der Waals surface area contributed by atoms with E-state index in [9.17, 15) is 15.3 Å². The third-order valence-electron chi connectivity index (χ3n) is 5.89. The normalized spacial score (nSPS) is 11.6. The van der Waals surface area contributed by atoms with Gasteiger partial charge < -0.3 is 15.3 Å². The highest BCUT2D eigenvalue weighted by atomic mass is 16.3. The topological polar surface area (TPSA) is 91.4 Å². The van der Waals surface area contributed by atoms with Crippen LogP contribution in [0.1, 0.15) is 16.7 Å². The van der Waals surface area contributed by atoms with Gasteiger partial charge in [-0.2, -0.15) is 0 Å². The Balaban J connectivity index is 1.81. The smallest absolute Gasteiger partial charge is 0.115 e. The molecule has 4 aromatic carbocycles. The van der Waals surface area contributed by atoms with Crippen molar-refractivity contribution < 1.29 is 15.3 Å². The van der Waals surface area contributed by atoms with Crippen LogP contribution >= 0.6 is 0 Å². The predicted octanol–water partition coefficient (Wildman–Crippen LogP) is 4.58. The standard InChI is InChI=1S/C26H21N3O3/c30-21-11-5-18(6-12-21)26(19-7-13-22(31)14-8-19,20-9-15-23(32)16-10-20)17-29-25-4-2-1-3-24(25)27-28-29/h1-16,30-32H,17H2. The van der Waals surface area contributed by atoms with Crippen LogP contribution in [0.25, 0.3) is 11.0 Å². The first kappa shape index (κ1) is 19.6. The minimum atomic E-state index is -0.744. The van der Waals surface area contributed by atoms with Crippen molar-refractivity contribution in [3.63, 3.8) is 0 Å². The van der Waals surface area contributed by atoms with Crippen molar-refractivity contribution in [2.45, 2.75) is 12.0 Å². The van der Waals surface area contributed by atoms with Gasteiger partial charge in [-0.3, -0.25) is 0 Å². The van der Waals surface area contributed by atoms with E-state index in [1.807, 2.05) is 65.3 Å². The van der Waals surface area contributed by atoms with E-state index < -0.39 is 5.41 Å². The molecule has 0 radical (unpaired) electrons. The van der Waals surface area contributed by atoms with Crippen molar-refractivity contribution in [2.24, 2.45) is 0 Å². The van der Waals surface area contributed by atoms with Gasteiger partial charge in [-0.25, -0.2) is 4.68 Å². The molecule has 0 aliphatic rings. The highest BCUT2D eigenvalue weighted by molar-refractivity contribution is 5.74. The lowest BCUT2D eigenvalue weighted by atomic mass is 9.69. The molecule has 0 atom stereocenters. The van der Waals surface area contributed by atoms with E-state index in [4.69, 9.17) is 0 Å². The Morgan fingerprint density at radius 3 is 1.50 bits per heavy atom. The fourth-order valence-corrected chi connectivity index (χ4v) is 4.27. The van der Waals surface area contributed by atoms with Gasteiger partial charge in [-0.05, 0) is 65.2 Å². The first-order chi connectivity index (χ1) is 15.6. The molecule has 0 amide bonds. The van der Waals surface area contributed by atoms with Gasteiger partial charge in [0, 0.05) is 0 Å². The van der Waals surface area contributed by atoms with E-state index in [0.717, 1.165) is 27.7 Å². The molecule has 0 bridgehead atoms. The van der Waals surface area contributed by atoms with Crippen LogP contribution in [-0.4, -0.2) is 30.3 Å². The summed E-state index contributed by atoms with van der Waals surface area (Å²) in [5, 5.41) is 38.6. The number of hydrogen-bond acceptors (Lipinski definition) is 5. The molecule has 0 saturated carbocycles. The predicted molar refractivity (Wildman–Crippen MR) is 122 cm³/mol. The van der Waals surface area contributed by atoms with Crippen molar-refractivity contribution >= 4 is 11.0 Å². The summed E-state index contributed by atoms with van der Waals surface area (Å²) in [6.45, 7) is 0.411. The van der Waals surface area contributed by atoms with E-state index in [1.54, 1.807) is 36.4 Å². The minimum absolute atomic E-state index is 0.172. The van der Waals surface area contributed by atoms with Gasteiger partial charge in [0.05, 0.1) is 17.5 Å². The van der Waals surface area contributed by atoms with Crippen molar-refractivity contribution in [3.05, 3.63) is 114 Å². The molecule has 32 heavy (non-hydrogen) atoms. The Morgan fingerprint density at radius 1 is 0.594 bits per heavy atom. The van der Waals surface area contributed by atoms with Crippen molar-refractivity contribution in [1.29, 1.82) is 0 Å². The van der Waals surface area contributed by atoms with Gasteiger partial charge in [-0.15, -0.1) is 5.10 Å². The summed E-state index contributed by atoms with van der Waals surface area (Å²) < 4.78 is 1.86. The maximum Gasteiger partial charge on any atom is 0.115 e. The summed E-state index contributed by atoms with van der Waals surface area (Å²) in [6, 6.07) is 29.0. The van der Waals surface area contributed by atoms with Gasteiger partial charge >= 0.3 is 0 Å². The molecule has 0 aliphatic heterocycles. The van der Waals surface area contributed by atoms with Crippen LogP contribution in [0.2, 0.25) is 0 Å². The molecule has 5 rings (SSSR count). The van der Waals surface area contributed by atoms with Crippen molar-refractivity contribution in [2.75, 3.05) is 0 Å². The Labute approximate surface area is 184 Å². The van der Waals surface area contributed by atoms with Gasteiger partial charge in [-0.1, -0.05) is 53.7 Å². The molecule has 158 valence electrons. The summed E-state index contributed by atoms with van der Waals surface area (Å²) in [4.78, 5) is 0. The molecule has 6 nitrogen and oxygen atoms in total. The molecule has 6 heteroatoms. The van der Waals surface area contributed by atoms with Crippen LogP contribution in [0.5, 0.6) is 17.2 Å². The second kappa shape index (κ2) is 7.74. The summed E-state index contributed by atoms with van der Waals surface area (Å²) >= 11 is 0. The van der Waals surface area contributed by atoms with Crippen LogP contribution in [-0.2, 0) is 12.0 Å². The largest absolute Gasteiger partial charge is 0.508 e. The van der Waals surface area contributed by atoms with Crippen LogP contribution in [0.3, 0.4) is 0 Å². The number of fused-ring (bicyclic) bond motifs is 1. The molecule has 1 heterocycles. The number of benzene rings is 4. The molecule has 0 fully saturated rings. The van der Waals surface area contributed by atoms with Gasteiger partial charge in [0.25, 0.3) is 0 Å². The average Bonchev–Trinajstić information content (AvgIpc) is 3.22. The molecule has 5 aromatic rings. The summed E-state index contributed by atoms with van der Waals surface area (Å²) in [7, 11) is 0. The lowest BCUT2D eigenvalue weighted by Gasteiger charge is -2.36. The maximum atomic E-state index is 9.94. The molecular formula is C26H21N3O3. The average molecular weight is 423 g/mol. The number of nitrogens with zero attached hydrogens (tertiary/aromatic N) is 3. The highest BCUT2D eigenvalue weighted by Crippen LogP contribution is 2.42. The van der Waals surface area contributed by atoms with Gasteiger partial charge in [0.1, 0.15) is 22.8 Å². The summed E-state index contributed by atoms with van der Waals surface area (Å²) in [5.41, 5.74) is 3.71. The lowest BCUT2D eigenvalue weighted by molar-refractivity contribution is 0.454. The zero-order valence-corrected chi connectivity index (χ0v) is 17.1. The minimum Gasteiger partial charge on any atom is -0.508 e. The van der Waals surface area contributed by atoms with Gasteiger partial charge in [0.15, 0.2) is 0 Å². The lowest BCUT2D eigenvalue weighted by Crippen LogP contribution is -2.35. The Morgan fingerprint density at radius 2 is 1.03 bits per heavy atom. The van der Waals surface area contributed by atoms with E-state index in [2.05, 4.69) is 10.3 Å². The van der Waals surface area contributed by atoms with E-state index in [1.165, 1.54) is 0 Å². The second-order valence-electron chi connectivity index (χ2n) is 7.78. The van der Waals surface area contributed by atoms with Crippen LogP contribution in [0.15, 0.2) is 97.1 Å². The van der Waals surface area contributed by atoms with Crippen LogP contribution < -0.4 is 0 Å². The monoisotopic (exact) mass is 423 g/mol. The molecular weight excluding hydrogens is 402 g/mol. The summed E-state index contributed by atoms with van der Waals surface area (Å²) in [6.07, 6.45) is 0. The molecule has 1 aromatic heterocycles.